The number of amides is 1. The third kappa shape index (κ3) is 6.91. The molecule has 146 valence electrons. The van der Waals surface area contributed by atoms with Gasteiger partial charge >= 0.3 is 11.9 Å². The first-order valence-electron chi connectivity index (χ1n) is 8.65. The maximum Gasteiger partial charge on any atom is 0.327 e. The van der Waals surface area contributed by atoms with Gasteiger partial charge in [-0.15, -0.1) is 11.5 Å². The summed E-state index contributed by atoms with van der Waals surface area (Å²) < 4.78 is 4.90. The van der Waals surface area contributed by atoms with Gasteiger partial charge in [0.15, 0.2) is 0 Å². The van der Waals surface area contributed by atoms with Gasteiger partial charge < -0.3 is 15.2 Å². The molecule has 0 radical (unpaired) electrons. The normalized spacial score (nSPS) is 12.4. The van der Waals surface area contributed by atoms with Gasteiger partial charge in [-0.25, -0.2) is 4.79 Å². The Hall–Kier alpha value is -2.59. The van der Waals surface area contributed by atoms with E-state index in [1.807, 2.05) is 0 Å². The highest BCUT2D eigenvalue weighted by Gasteiger charge is 2.33. The van der Waals surface area contributed by atoms with Crippen LogP contribution in [0, 0.1) is 11.5 Å². The van der Waals surface area contributed by atoms with Crippen molar-refractivity contribution in [3.05, 3.63) is 29.8 Å². The van der Waals surface area contributed by atoms with Crippen LogP contribution in [-0.4, -0.2) is 37.1 Å². The van der Waals surface area contributed by atoms with Crippen molar-refractivity contribution in [2.24, 2.45) is 0 Å². The quantitative estimate of drug-likeness (QED) is 0.349. The lowest BCUT2D eigenvalue weighted by Crippen LogP contribution is -2.41. The number of carboxylic acid groups (broad SMARTS) is 1. The van der Waals surface area contributed by atoms with Crippen LogP contribution >= 0.6 is 0 Å². The van der Waals surface area contributed by atoms with E-state index in [1.54, 1.807) is 0 Å². The van der Waals surface area contributed by atoms with Gasteiger partial charge in [0.2, 0.25) is 0 Å². The van der Waals surface area contributed by atoms with E-state index in [4.69, 9.17) is 4.74 Å². The standard InChI is InChI=1S/C20H27NO5Si/c1-14(22)26-16-11-9-15(10-12-16)18(23)21-17(19(24)25)8-7-13-27(5,6)20(2,3)4/h9-12,17H,8H2,1-6H3,(H,21,23)(H,24,25)/t17-/m1/s1. The fraction of sp³-hybridized carbons (Fsp3) is 0.450. The second-order valence-corrected chi connectivity index (χ2v) is 12.9. The van der Waals surface area contributed by atoms with E-state index in [-0.39, 0.29) is 17.0 Å². The molecule has 0 bridgehead atoms. The average molecular weight is 390 g/mol. The lowest BCUT2D eigenvalue weighted by Gasteiger charge is -2.31. The first-order valence-corrected chi connectivity index (χ1v) is 11.7. The molecule has 0 spiro atoms. The van der Waals surface area contributed by atoms with Gasteiger partial charge in [-0.2, -0.15) is 0 Å². The highest BCUT2D eigenvalue weighted by molar-refractivity contribution is 6.87. The monoisotopic (exact) mass is 389 g/mol. The molecular weight excluding hydrogens is 362 g/mol. The second-order valence-electron chi connectivity index (χ2n) is 7.86. The Kier molecular flexibility index (Phi) is 7.37. The maximum atomic E-state index is 12.3. The van der Waals surface area contributed by atoms with Gasteiger partial charge in [0.25, 0.3) is 5.91 Å². The number of esters is 1. The molecule has 1 atom stereocenters. The van der Waals surface area contributed by atoms with Gasteiger partial charge in [0.1, 0.15) is 19.9 Å². The van der Waals surface area contributed by atoms with Gasteiger partial charge in [-0.1, -0.05) is 33.9 Å². The van der Waals surface area contributed by atoms with Crippen LogP contribution in [0.25, 0.3) is 0 Å². The van der Waals surface area contributed by atoms with Crippen LogP contribution in [0.5, 0.6) is 5.75 Å². The van der Waals surface area contributed by atoms with E-state index >= 15 is 0 Å². The van der Waals surface area contributed by atoms with Crippen LogP contribution < -0.4 is 10.1 Å². The van der Waals surface area contributed by atoms with Crippen LogP contribution in [-0.2, 0) is 9.59 Å². The molecule has 27 heavy (non-hydrogen) atoms. The summed E-state index contributed by atoms with van der Waals surface area (Å²) in [5.41, 5.74) is 3.52. The van der Waals surface area contributed by atoms with E-state index in [2.05, 4.69) is 50.6 Å². The molecule has 1 aromatic carbocycles. The van der Waals surface area contributed by atoms with E-state index in [0.29, 0.717) is 5.75 Å². The fourth-order valence-electron chi connectivity index (χ4n) is 1.84. The zero-order valence-corrected chi connectivity index (χ0v) is 17.7. The molecule has 0 fully saturated rings. The number of carboxylic acids is 1. The number of benzene rings is 1. The Bertz CT molecular complexity index is 766. The number of carbonyl (C=O) groups excluding carboxylic acids is 2. The van der Waals surface area contributed by atoms with Gasteiger partial charge in [0, 0.05) is 18.9 Å². The van der Waals surface area contributed by atoms with Crippen molar-refractivity contribution in [2.75, 3.05) is 0 Å². The number of ether oxygens (including phenoxy) is 1. The Balaban J connectivity index is 2.82. The maximum absolute atomic E-state index is 12.3. The second kappa shape index (κ2) is 8.87. The minimum atomic E-state index is -1.84. The Labute approximate surface area is 161 Å². The van der Waals surface area contributed by atoms with E-state index in [0.717, 1.165) is 0 Å². The van der Waals surface area contributed by atoms with Crippen molar-refractivity contribution in [1.29, 1.82) is 0 Å². The molecule has 0 saturated heterocycles. The Morgan fingerprint density at radius 2 is 1.74 bits per heavy atom. The predicted octanol–water partition coefficient (Wildman–Crippen LogP) is 3.24. The molecule has 2 N–H and O–H groups in total. The van der Waals surface area contributed by atoms with Crippen molar-refractivity contribution in [2.45, 2.75) is 58.3 Å². The van der Waals surface area contributed by atoms with Gasteiger partial charge in [-0.05, 0) is 29.3 Å². The molecule has 1 aromatic rings. The molecule has 1 rings (SSSR count). The molecule has 7 heteroatoms. The molecule has 0 aliphatic rings. The van der Waals surface area contributed by atoms with Crippen LogP contribution in [0.3, 0.4) is 0 Å². The number of aliphatic carboxylic acids is 1. The zero-order valence-electron chi connectivity index (χ0n) is 16.7. The van der Waals surface area contributed by atoms with E-state index in [9.17, 15) is 19.5 Å². The summed E-state index contributed by atoms with van der Waals surface area (Å²) in [7, 11) is -1.84. The van der Waals surface area contributed by atoms with Crippen molar-refractivity contribution in [3.63, 3.8) is 0 Å². The first-order chi connectivity index (χ1) is 12.3. The number of rotatable bonds is 5. The van der Waals surface area contributed by atoms with Gasteiger partial charge in [-0.3, -0.25) is 9.59 Å². The minimum absolute atomic E-state index is 0.0408. The smallest absolute Gasteiger partial charge is 0.327 e. The third-order valence-corrected chi connectivity index (χ3v) is 9.12. The minimum Gasteiger partial charge on any atom is -0.480 e. The SMILES string of the molecule is CC(=O)Oc1ccc(C(=O)N[C@H](CC#C[Si](C)(C)C(C)(C)C)C(=O)O)cc1. The van der Waals surface area contributed by atoms with E-state index in [1.165, 1.54) is 31.2 Å². The molecule has 6 nitrogen and oxygen atoms in total. The van der Waals surface area contributed by atoms with E-state index < -0.39 is 32.0 Å². The summed E-state index contributed by atoms with van der Waals surface area (Å²) >= 11 is 0. The molecule has 0 aliphatic carbocycles. The summed E-state index contributed by atoms with van der Waals surface area (Å²) in [4.78, 5) is 34.7. The number of hydrogen-bond donors (Lipinski definition) is 2. The predicted molar refractivity (Wildman–Crippen MR) is 106 cm³/mol. The lowest BCUT2D eigenvalue weighted by molar-refractivity contribution is -0.139. The summed E-state index contributed by atoms with van der Waals surface area (Å²) in [5, 5.41) is 11.9. The number of hydrogen-bond acceptors (Lipinski definition) is 4. The molecule has 0 unspecified atom stereocenters. The zero-order chi connectivity index (χ0) is 20.8. The summed E-state index contributed by atoms with van der Waals surface area (Å²) in [5.74, 6) is 1.16. The number of nitrogens with one attached hydrogen (secondary N) is 1. The molecular formula is C20H27NO5Si. The molecule has 0 aromatic heterocycles. The Morgan fingerprint density at radius 1 is 1.19 bits per heavy atom. The average Bonchev–Trinajstić information content (AvgIpc) is 2.52. The number of carbonyl (C=O) groups is 3. The summed E-state index contributed by atoms with van der Waals surface area (Å²) in [6.07, 6.45) is 0.0408. The highest BCUT2D eigenvalue weighted by atomic mass is 28.3. The van der Waals surface area contributed by atoms with Crippen molar-refractivity contribution < 1.29 is 24.2 Å². The van der Waals surface area contributed by atoms with Crippen LogP contribution in [0.1, 0.15) is 44.5 Å². The fourth-order valence-corrected chi connectivity index (χ4v) is 2.76. The third-order valence-electron chi connectivity index (χ3n) is 4.56. The summed E-state index contributed by atoms with van der Waals surface area (Å²) in [6.45, 7) is 11.9. The van der Waals surface area contributed by atoms with Crippen molar-refractivity contribution in [1.82, 2.24) is 5.32 Å². The van der Waals surface area contributed by atoms with Crippen LogP contribution in [0.4, 0.5) is 0 Å². The van der Waals surface area contributed by atoms with Crippen LogP contribution in [0.15, 0.2) is 24.3 Å². The summed E-state index contributed by atoms with van der Waals surface area (Å²) in [6, 6.07) is 4.79. The van der Waals surface area contributed by atoms with Gasteiger partial charge in [0.05, 0.1) is 0 Å². The first kappa shape index (κ1) is 22.4. The molecule has 0 heterocycles. The van der Waals surface area contributed by atoms with Crippen molar-refractivity contribution >= 4 is 25.9 Å². The highest BCUT2D eigenvalue weighted by Crippen LogP contribution is 2.35. The Morgan fingerprint density at radius 3 is 2.19 bits per heavy atom. The lowest BCUT2D eigenvalue weighted by atomic mass is 10.1. The van der Waals surface area contributed by atoms with Crippen LogP contribution in [0.2, 0.25) is 18.1 Å². The molecule has 0 saturated carbocycles. The molecule has 0 aliphatic heterocycles. The topological polar surface area (TPSA) is 92.7 Å². The molecule has 1 amide bonds. The van der Waals surface area contributed by atoms with Crippen molar-refractivity contribution in [3.8, 4) is 17.2 Å². The largest absolute Gasteiger partial charge is 0.480 e.